The number of nitrogens with one attached hydrogen (secondary N) is 1. The van der Waals surface area contributed by atoms with Gasteiger partial charge in [0.2, 0.25) is 5.91 Å². The van der Waals surface area contributed by atoms with Gasteiger partial charge in [0.05, 0.1) is 0 Å². The molecule has 0 fully saturated rings. The molecule has 1 rings (SSSR count). The van der Waals surface area contributed by atoms with E-state index in [1.807, 2.05) is 24.3 Å². The van der Waals surface area contributed by atoms with Gasteiger partial charge in [0.1, 0.15) is 6.04 Å². The Morgan fingerprint density at radius 1 is 1.35 bits per heavy atom. The Morgan fingerprint density at radius 2 is 2.00 bits per heavy atom. The number of para-hydroxylation sites is 1. The van der Waals surface area contributed by atoms with E-state index in [0.717, 1.165) is 17.7 Å². The molecule has 110 valence electrons. The van der Waals surface area contributed by atoms with E-state index in [1.54, 1.807) is 0 Å². The van der Waals surface area contributed by atoms with Gasteiger partial charge in [-0.3, -0.25) is 9.59 Å². The monoisotopic (exact) mass is 278 g/mol. The lowest BCUT2D eigenvalue weighted by Crippen LogP contribution is -2.31. The third kappa shape index (κ3) is 4.66. The van der Waals surface area contributed by atoms with Crippen LogP contribution in [0.25, 0.3) is 0 Å². The summed E-state index contributed by atoms with van der Waals surface area (Å²) < 4.78 is 0. The summed E-state index contributed by atoms with van der Waals surface area (Å²) in [5.74, 6) is -0.942. The van der Waals surface area contributed by atoms with Crippen molar-refractivity contribution in [2.75, 3.05) is 5.32 Å². The molecular weight excluding hydrogens is 256 g/mol. The molecule has 2 atom stereocenters. The molecule has 5 heteroatoms. The maximum absolute atomic E-state index is 11.8. The van der Waals surface area contributed by atoms with E-state index < -0.39 is 12.0 Å². The lowest BCUT2D eigenvalue weighted by Gasteiger charge is -2.15. The molecule has 0 radical (unpaired) electrons. The van der Waals surface area contributed by atoms with Crippen LogP contribution in [0.1, 0.15) is 44.6 Å². The van der Waals surface area contributed by atoms with Gasteiger partial charge in [0.25, 0.3) is 0 Å². The van der Waals surface area contributed by atoms with Crippen molar-refractivity contribution in [3.8, 4) is 0 Å². The van der Waals surface area contributed by atoms with E-state index in [0.29, 0.717) is 5.92 Å². The number of carbonyl (C=O) groups is 2. The second-order valence-corrected chi connectivity index (χ2v) is 4.93. The van der Waals surface area contributed by atoms with Crippen molar-refractivity contribution in [3.05, 3.63) is 29.8 Å². The van der Waals surface area contributed by atoms with Crippen LogP contribution in [0.15, 0.2) is 24.3 Å². The third-order valence-corrected chi connectivity index (χ3v) is 3.38. The highest BCUT2D eigenvalue weighted by Gasteiger charge is 2.15. The van der Waals surface area contributed by atoms with Crippen molar-refractivity contribution in [1.82, 2.24) is 0 Å². The lowest BCUT2D eigenvalue weighted by molar-refractivity contribution is -0.138. The predicted octanol–water partition coefficient (Wildman–Crippen LogP) is 2.33. The number of hydrogen-bond donors (Lipinski definition) is 3. The average molecular weight is 278 g/mol. The van der Waals surface area contributed by atoms with E-state index in [4.69, 9.17) is 10.8 Å². The number of amides is 1. The van der Waals surface area contributed by atoms with Gasteiger partial charge in [-0.05, 0) is 30.4 Å². The number of hydrogen-bond acceptors (Lipinski definition) is 3. The van der Waals surface area contributed by atoms with Crippen LogP contribution >= 0.6 is 0 Å². The average Bonchev–Trinajstić information content (AvgIpc) is 2.44. The number of nitrogens with two attached hydrogens (primary N) is 1. The molecule has 4 N–H and O–H groups in total. The summed E-state index contributed by atoms with van der Waals surface area (Å²) in [7, 11) is 0. The molecule has 0 aromatic heterocycles. The molecular formula is C15H22N2O3. The first-order valence-corrected chi connectivity index (χ1v) is 6.82. The Hall–Kier alpha value is -1.88. The summed E-state index contributed by atoms with van der Waals surface area (Å²) in [6.45, 7) is 4.19. The van der Waals surface area contributed by atoms with Gasteiger partial charge in [0.15, 0.2) is 0 Å². The second kappa shape index (κ2) is 7.65. The third-order valence-electron chi connectivity index (χ3n) is 3.38. The summed E-state index contributed by atoms with van der Waals surface area (Å²) in [5.41, 5.74) is 7.25. The van der Waals surface area contributed by atoms with E-state index in [-0.39, 0.29) is 18.7 Å². The molecule has 1 unspecified atom stereocenters. The maximum atomic E-state index is 11.8. The highest BCUT2D eigenvalue weighted by molar-refractivity contribution is 5.92. The topological polar surface area (TPSA) is 92.4 Å². The van der Waals surface area contributed by atoms with Crippen molar-refractivity contribution in [3.63, 3.8) is 0 Å². The van der Waals surface area contributed by atoms with Crippen LogP contribution in [0.2, 0.25) is 0 Å². The quantitative estimate of drug-likeness (QED) is 0.713. The normalized spacial score (nSPS) is 13.6. The van der Waals surface area contributed by atoms with Crippen molar-refractivity contribution in [1.29, 1.82) is 0 Å². The number of benzene rings is 1. The van der Waals surface area contributed by atoms with Crippen LogP contribution in [0, 0.1) is 0 Å². The summed E-state index contributed by atoms with van der Waals surface area (Å²) in [5, 5.41) is 11.5. The van der Waals surface area contributed by atoms with Crippen LogP contribution in [0.3, 0.4) is 0 Å². The Kier molecular flexibility index (Phi) is 6.18. The molecule has 0 spiro atoms. The number of aliphatic carboxylic acids is 1. The minimum absolute atomic E-state index is 0.0995. The Bertz CT molecular complexity index is 474. The minimum atomic E-state index is -1.09. The van der Waals surface area contributed by atoms with Crippen molar-refractivity contribution < 1.29 is 14.7 Å². The van der Waals surface area contributed by atoms with Gasteiger partial charge in [-0.1, -0.05) is 32.0 Å². The van der Waals surface area contributed by atoms with Gasteiger partial charge < -0.3 is 16.2 Å². The fourth-order valence-corrected chi connectivity index (χ4v) is 1.88. The molecule has 5 nitrogen and oxygen atoms in total. The Balaban J connectivity index is 2.64. The first-order valence-electron chi connectivity index (χ1n) is 6.82. The molecule has 0 aliphatic carbocycles. The van der Waals surface area contributed by atoms with Gasteiger partial charge >= 0.3 is 5.97 Å². The molecule has 0 bridgehead atoms. The zero-order valence-corrected chi connectivity index (χ0v) is 11.9. The van der Waals surface area contributed by atoms with E-state index in [1.165, 1.54) is 0 Å². The smallest absolute Gasteiger partial charge is 0.320 e. The fraction of sp³-hybridized carbons (Fsp3) is 0.467. The zero-order chi connectivity index (χ0) is 15.1. The largest absolute Gasteiger partial charge is 0.480 e. The highest BCUT2D eigenvalue weighted by atomic mass is 16.4. The first kappa shape index (κ1) is 16.2. The SMILES string of the molecule is CCC(C)c1ccccc1NC(=O)CC[C@H](N)C(=O)O. The number of anilines is 1. The fourth-order valence-electron chi connectivity index (χ4n) is 1.88. The van der Waals surface area contributed by atoms with Gasteiger partial charge in [-0.2, -0.15) is 0 Å². The standard InChI is InChI=1S/C15H22N2O3/c1-3-10(2)11-6-4-5-7-13(11)17-14(18)9-8-12(16)15(19)20/h4-7,10,12H,3,8-9,16H2,1-2H3,(H,17,18)(H,19,20)/t10?,12-/m0/s1. The van der Waals surface area contributed by atoms with E-state index in [9.17, 15) is 9.59 Å². The second-order valence-electron chi connectivity index (χ2n) is 4.93. The molecule has 1 amide bonds. The van der Waals surface area contributed by atoms with Crippen molar-refractivity contribution >= 4 is 17.6 Å². The molecule has 20 heavy (non-hydrogen) atoms. The Labute approximate surface area is 119 Å². The summed E-state index contributed by atoms with van der Waals surface area (Å²) in [4.78, 5) is 22.4. The number of rotatable bonds is 7. The maximum Gasteiger partial charge on any atom is 0.320 e. The zero-order valence-electron chi connectivity index (χ0n) is 11.9. The van der Waals surface area contributed by atoms with Crippen LogP contribution in [0.5, 0.6) is 0 Å². The van der Waals surface area contributed by atoms with Crippen LogP contribution in [-0.4, -0.2) is 23.0 Å². The molecule has 0 aliphatic heterocycles. The summed E-state index contributed by atoms with van der Waals surface area (Å²) in [6.07, 6.45) is 1.21. The number of carbonyl (C=O) groups excluding carboxylic acids is 1. The van der Waals surface area contributed by atoms with Crippen LogP contribution < -0.4 is 11.1 Å². The minimum Gasteiger partial charge on any atom is -0.480 e. The molecule has 0 aliphatic rings. The summed E-state index contributed by atoms with van der Waals surface area (Å²) in [6, 6.07) is 6.66. The number of carboxylic acid groups (broad SMARTS) is 1. The summed E-state index contributed by atoms with van der Waals surface area (Å²) >= 11 is 0. The lowest BCUT2D eigenvalue weighted by atomic mass is 9.97. The highest BCUT2D eigenvalue weighted by Crippen LogP contribution is 2.26. The molecule has 1 aromatic carbocycles. The molecule has 0 heterocycles. The molecule has 1 aromatic rings. The molecule has 0 saturated carbocycles. The molecule has 0 saturated heterocycles. The van der Waals surface area contributed by atoms with Gasteiger partial charge in [-0.15, -0.1) is 0 Å². The van der Waals surface area contributed by atoms with Gasteiger partial charge in [-0.25, -0.2) is 0 Å². The Morgan fingerprint density at radius 3 is 2.60 bits per heavy atom. The van der Waals surface area contributed by atoms with Crippen LogP contribution in [0.4, 0.5) is 5.69 Å². The van der Waals surface area contributed by atoms with Crippen LogP contribution in [-0.2, 0) is 9.59 Å². The first-order chi connectivity index (χ1) is 9.45. The van der Waals surface area contributed by atoms with Gasteiger partial charge in [0, 0.05) is 12.1 Å². The predicted molar refractivity (Wildman–Crippen MR) is 78.6 cm³/mol. The number of carboxylic acids is 1. The van der Waals surface area contributed by atoms with Crippen molar-refractivity contribution in [2.45, 2.75) is 45.1 Å². The van der Waals surface area contributed by atoms with E-state index >= 15 is 0 Å². The van der Waals surface area contributed by atoms with E-state index in [2.05, 4.69) is 19.2 Å². The van der Waals surface area contributed by atoms with Crippen molar-refractivity contribution in [2.24, 2.45) is 5.73 Å².